The summed E-state index contributed by atoms with van der Waals surface area (Å²) in [4.78, 5) is 15.5. The van der Waals surface area contributed by atoms with Crippen LogP contribution in [-0.2, 0) is 26.5 Å². The van der Waals surface area contributed by atoms with E-state index in [-0.39, 0.29) is 25.9 Å². The van der Waals surface area contributed by atoms with Gasteiger partial charge < -0.3 is 9.55 Å². The van der Waals surface area contributed by atoms with Crippen molar-refractivity contribution in [2.75, 3.05) is 0 Å². The molecule has 9 aromatic rings. The van der Waals surface area contributed by atoms with Gasteiger partial charge in [-0.3, -0.25) is 9.37 Å². The predicted octanol–water partition coefficient (Wildman–Crippen LogP) is 14.8. The number of benzene rings is 5. The second kappa shape index (κ2) is 18.9. The number of pyridine rings is 2. The number of hydrogen-bond donors (Lipinski definition) is 0. The van der Waals surface area contributed by atoms with Crippen LogP contribution in [0.3, 0.4) is 0 Å². The number of aryl methyl sites for hydroxylation is 1. The zero-order chi connectivity index (χ0) is 46.6. The van der Waals surface area contributed by atoms with Crippen molar-refractivity contribution in [3.05, 3.63) is 173 Å². The second-order valence-corrected chi connectivity index (χ2v) is 23.9. The fourth-order valence-corrected chi connectivity index (χ4v) is 10.8. The number of thiophene rings is 1. The smallest absolute Gasteiger partial charge is 0.114 e. The van der Waals surface area contributed by atoms with E-state index in [1.54, 1.807) is 17.4 Å². The minimum Gasteiger partial charge on any atom is -0.333 e. The van der Waals surface area contributed by atoms with Gasteiger partial charge >= 0.3 is 0 Å². The molecule has 0 aliphatic heterocycles. The minimum absolute atomic E-state index is 0. The molecular formula is C55H55FIrN4SSi-2. The SMILES string of the molecule is [2H]C(C)(C)c1cc(-c2[c-]cc(F)cc2)ncc1[Si](C)(C)C.[2H]C([2H])(c1ccccc1)c1ccc2c(n1)sc1c(-c3nc4ccccc4n3-c3c(C(C)C)cc(C)cc3C(C)C)[c-]ccc12.[Ir]. The van der Waals surface area contributed by atoms with Gasteiger partial charge in [-0.1, -0.05) is 150 Å². The number of fused-ring (bicyclic) bond motifs is 4. The summed E-state index contributed by atoms with van der Waals surface area (Å²) in [7, 11) is -1.57. The summed E-state index contributed by atoms with van der Waals surface area (Å²) in [5.41, 5.74) is 11.5. The van der Waals surface area contributed by atoms with Gasteiger partial charge in [0, 0.05) is 54.0 Å². The molecule has 0 aliphatic carbocycles. The molecule has 323 valence electrons. The van der Waals surface area contributed by atoms with E-state index in [4.69, 9.17) is 14.1 Å². The molecule has 0 saturated heterocycles. The Balaban J connectivity index is 0.000000249. The maximum atomic E-state index is 13.0. The molecule has 0 bridgehead atoms. The molecule has 4 heterocycles. The number of nitrogens with zero attached hydrogens (tertiary/aromatic N) is 4. The number of aromatic nitrogens is 4. The van der Waals surface area contributed by atoms with Crippen molar-refractivity contribution in [3.8, 4) is 28.3 Å². The van der Waals surface area contributed by atoms with Crippen LogP contribution in [0.1, 0.15) is 96.9 Å². The van der Waals surface area contributed by atoms with Crippen molar-refractivity contribution in [2.45, 2.75) is 92.2 Å². The summed E-state index contributed by atoms with van der Waals surface area (Å²) in [5.74, 6) is 0.507. The van der Waals surface area contributed by atoms with E-state index in [1.165, 1.54) is 39.7 Å². The van der Waals surface area contributed by atoms with Crippen LogP contribution < -0.4 is 5.19 Å². The largest absolute Gasteiger partial charge is 0.333 e. The number of hydrogen-bond acceptors (Lipinski definition) is 4. The van der Waals surface area contributed by atoms with Crippen molar-refractivity contribution in [1.29, 1.82) is 0 Å². The molecule has 0 atom stereocenters. The summed E-state index contributed by atoms with van der Waals surface area (Å²) in [6, 6.07) is 43.0. The summed E-state index contributed by atoms with van der Waals surface area (Å²) < 4.78 is 42.6. The molecule has 0 unspecified atom stereocenters. The summed E-state index contributed by atoms with van der Waals surface area (Å²) >= 11 is 1.58. The quantitative estimate of drug-likeness (QED) is 0.107. The first kappa shape index (κ1) is 41.9. The predicted molar refractivity (Wildman–Crippen MR) is 264 cm³/mol. The van der Waals surface area contributed by atoms with E-state index in [2.05, 4.69) is 112 Å². The van der Waals surface area contributed by atoms with Crippen molar-refractivity contribution >= 4 is 55.9 Å². The maximum absolute atomic E-state index is 13.0. The van der Waals surface area contributed by atoms with Crippen LogP contribution in [0.5, 0.6) is 0 Å². The van der Waals surface area contributed by atoms with E-state index in [1.807, 2.05) is 80.7 Å². The topological polar surface area (TPSA) is 43.6 Å². The third kappa shape index (κ3) is 9.56. The van der Waals surface area contributed by atoms with Gasteiger partial charge in [0.25, 0.3) is 0 Å². The number of halogens is 1. The minimum atomic E-state index is -1.71. The van der Waals surface area contributed by atoms with Gasteiger partial charge in [-0.25, -0.2) is 4.98 Å². The Morgan fingerprint density at radius 2 is 1.49 bits per heavy atom. The Hall–Kier alpha value is -5.11. The van der Waals surface area contributed by atoms with E-state index in [0.717, 1.165) is 59.5 Å². The molecule has 0 N–H and O–H groups in total. The molecule has 0 spiro atoms. The van der Waals surface area contributed by atoms with Crippen LogP contribution in [0.15, 0.2) is 121 Å². The third-order valence-corrected chi connectivity index (χ3v) is 14.4. The molecule has 0 amide bonds. The molecule has 4 aromatic heterocycles. The van der Waals surface area contributed by atoms with Crippen molar-refractivity contribution in [1.82, 2.24) is 19.5 Å². The fourth-order valence-electron chi connectivity index (χ4n) is 8.10. The Bertz CT molecular complexity index is 3160. The number of imidazole rings is 1. The standard InChI is InChI=1S/C38H34N3S.C17H21FNSi.Ir/c1-23(2)31-20-25(5)21-32(24(3)4)35(31)41-34-17-10-9-16-33(34)40-37(41)30-15-11-14-28-29-19-18-27(39-38(29)42-36(28)30)22-26-12-7-6-8-13-26;1-12(2)15-10-16(13-6-8-14(18)9-7-13)19-11-17(15)20(3,4)5;/h6-14,16-21,23-24H,22H2,1-5H3;6,8-12H,1-5H3;/q2*-1;/i22D2;12D;. The van der Waals surface area contributed by atoms with Gasteiger partial charge in [0.05, 0.1) is 24.9 Å². The monoisotopic (exact) mass is 1050 g/mol. The zero-order valence-corrected chi connectivity index (χ0v) is 41.8. The first-order valence-electron chi connectivity index (χ1n) is 22.8. The molecule has 5 aromatic carbocycles. The van der Waals surface area contributed by atoms with E-state index in [9.17, 15) is 4.39 Å². The van der Waals surface area contributed by atoms with Gasteiger partial charge in [-0.05, 0) is 80.5 Å². The summed E-state index contributed by atoms with van der Waals surface area (Å²) in [5, 5.41) is 3.29. The molecule has 1 radical (unpaired) electrons. The van der Waals surface area contributed by atoms with Crippen LogP contribution in [0.4, 0.5) is 4.39 Å². The molecule has 0 aliphatic rings. The Morgan fingerprint density at radius 3 is 2.14 bits per heavy atom. The van der Waals surface area contributed by atoms with E-state index >= 15 is 0 Å². The van der Waals surface area contributed by atoms with Gasteiger partial charge in [0.15, 0.2) is 0 Å². The summed E-state index contributed by atoms with van der Waals surface area (Å²) in [6.07, 6.45) is 0.185. The van der Waals surface area contributed by atoms with Crippen molar-refractivity contribution < 1.29 is 28.6 Å². The van der Waals surface area contributed by atoms with Crippen LogP contribution in [-0.4, -0.2) is 27.6 Å². The van der Waals surface area contributed by atoms with Crippen LogP contribution in [0.2, 0.25) is 19.6 Å². The normalized spacial score (nSPS) is 12.9. The van der Waals surface area contributed by atoms with Gasteiger partial charge in [-0.15, -0.1) is 48.0 Å². The van der Waals surface area contributed by atoms with Crippen LogP contribution in [0, 0.1) is 24.9 Å². The Kier molecular flexibility index (Phi) is 12.6. The van der Waals surface area contributed by atoms with Gasteiger partial charge in [0.1, 0.15) is 4.83 Å². The van der Waals surface area contributed by atoms with Crippen LogP contribution in [0.25, 0.3) is 59.7 Å². The molecule has 9 rings (SSSR count). The van der Waals surface area contributed by atoms with Crippen molar-refractivity contribution in [2.24, 2.45) is 0 Å². The summed E-state index contributed by atoms with van der Waals surface area (Å²) in [6.45, 7) is 21.8. The number of para-hydroxylation sites is 2. The molecule has 8 heteroatoms. The van der Waals surface area contributed by atoms with Gasteiger partial charge in [-0.2, -0.15) is 11.3 Å². The molecule has 4 nitrogen and oxygen atoms in total. The molecule has 0 fully saturated rings. The maximum Gasteiger partial charge on any atom is 0.114 e. The first-order chi connectivity index (χ1) is 30.7. The molecule has 63 heavy (non-hydrogen) atoms. The van der Waals surface area contributed by atoms with Gasteiger partial charge in [0.2, 0.25) is 0 Å². The Labute approximate surface area is 395 Å². The van der Waals surface area contributed by atoms with Crippen LogP contribution >= 0.6 is 11.3 Å². The van der Waals surface area contributed by atoms with E-state index < -0.39 is 20.3 Å². The van der Waals surface area contributed by atoms with E-state index in [0.29, 0.717) is 23.1 Å². The number of rotatable bonds is 9. The Morgan fingerprint density at radius 1 is 0.794 bits per heavy atom. The zero-order valence-electron chi connectivity index (χ0n) is 40.6. The second-order valence-electron chi connectivity index (χ2n) is 17.9. The first-order valence-corrected chi connectivity index (χ1v) is 25.7. The van der Waals surface area contributed by atoms with Crippen molar-refractivity contribution in [3.63, 3.8) is 0 Å². The average molecular weight is 1050 g/mol. The third-order valence-electron chi connectivity index (χ3n) is 11.2. The molecular weight excluding hydrogens is 988 g/mol. The molecule has 0 saturated carbocycles. The fraction of sp³-hybridized carbons (Fsp3) is 0.255. The average Bonchev–Trinajstić information content (AvgIpc) is 3.84.